The van der Waals surface area contributed by atoms with Gasteiger partial charge in [0, 0.05) is 5.38 Å². The largest absolute Gasteiger partial charge is 0.291 e. The van der Waals surface area contributed by atoms with Gasteiger partial charge >= 0.3 is 0 Å². The molecular weight excluding hydrogens is 315 g/mol. The van der Waals surface area contributed by atoms with Crippen molar-refractivity contribution < 1.29 is 4.79 Å². The van der Waals surface area contributed by atoms with Gasteiger partial charge in [-0.2, -0.15) is 0 Å². The lowest BCUT2D eigenvalue weighted by atomic mass is 10.4. The molecule has 1 rings (SSSR count). The quantitative estimate of drug-likeness (QED) is 0.600. The van der Waals surface area contributed by atoms with Crippen molar-refractivity contribution in [1.82, 2.24) is 0 Å². The van der Waals surface area contributed by atoms with Crippen LogP contribution in [0.4, 0.5) is 0 Å². The van der Waals surface area contributed by atoms with E-state index in [-0.39, 0.29) is 9.52 Å². The highest BCUT2D eigenvalue weighted by Gasteiger charge is 2.14. The third-order valence-corrected chi connectivity index (χ3v) is 3.13. The van der Waals surface area contributed by atoms with Crippen LogP contribution in [0.3, 0.4) is 0 Å². The topological polar surface area (TPSA) is 17.1 Å². The molecule has 0 saturated carbocycles. The van der Waals surface area contributed by atoms with Gasteiger partial charge < -0.3 is 0 Å². The van der Waals surface area contributed by atoms with Crippen LogP contribution in [0.2, 0.25) is 5.02 Å². The minimum Gasteiger partial charge on any atom is -0.291 e. The number of alkyl halides is 2. The Morgan fingerprint density at radius 3 is 2.64 bits per heavy atom. The number of rotatable bonds is 2. The van der Waals surface area contributed by atoms with Crippen molar-refractivity contribution in [2.75, 3.05) is 0 Å². The van der Waals surface area contributed by atoms with Crippen LogP contribution >= 0.6 is 54.8 Å². The number of thiophene rings is 1. The van der Waals surface area contributed by atoms with Crippen molar-refractivity contribution in [3.63, 3.8) is 0 Å². The zero-order valence-corrected chi connectivity index (χ0v) is 9.93. The van der Waals surface area contributed by atoms with Gasteiger partial charge in [-0.3, -0.25) is 4.79 Å². The highest BCUT2D eigenvalue weighted by molar-refractivity contribution is 9.25. The summed E-state index contributed by atoms with van der Waals surface area (Å²) in [7, 11) is 0. The highest BCUT2D eigenvalue weighted by Crippen LogP contribution is 2.24. The molecule has 1 heterocycles. The number of Topliss-reactive ketones (excluding diaryl/α,β-unsaturated/α-hetero) is 1. The Kier molecular flexibility index (Phi) is 3.55. The second-order valence-electron chi connectivity index (χ2n) is 1.79. The van der Waals surface area contributed by atoms with E-state index < -0.39 is 0 Å². The molecule has 0 aliphatic rings. The fraction of sp³-hybridized carbons (Fsp3) is 0.167. The molecule has 1 aromatic heterocycles. The number of hydrogen-bond donors (Lipinski definition) is 0. The molecule has 0 bridgehead atoms. The van der Waals surface area contributed by atoms with Crippen molar-refractivity contribution in [3.8, 4) is 0 Å². The molecule has 0 fully saturated rings. The molecule has 11 heavy (non-hydrogen) atoms. The summed E-state index contributed by atoms with van der Waals surface area (Å²) < 4.78 is -0.315. The average molecular weight is 318 g/mol. The molecule has 0 unspecified atom stereocenters. The molecule has 1 nitrogen and oxygen atoms in total. The third-order valence-electron chi connectivity index (χ3n) is 1.01. The van der Waals surface area contributed by atoms with Crippen molar-refractivity contribution in [1.29, 1.82) is 0 Å². The molecule has 5 heteroatoms. The fourth-order valence-electron chi connectivity index (χ4n) is 0.550. The van der Waals surface area contributed by atoms with E-state index in [2.05, 4.69) is 31.9 Å². The zero-order valence-electron chi connectivity index (χ0n) is 5.18. The van der Waals surface area contributed by atoms with Crippen LogP contribution in [0.15, 0.2) is 11.4 Å². The molecule has 0 aromatic carbocycles. The number of hydrogen-bond acceptors (Lipinski definition) is 2. The minimum atomic E-state index is -0.315. The smallest absolute Gasteiger partial charge is 0.197 e. The molecule has 0 amide bonds. The van der Waals surface area contributed by atoms with Crippen LogP contribution in [0.5, 0.6) is 0 Å². The van der Waals surface area contributed by atoms with Gasteiger partial charge in [0.15, 0.2) is 5.78 Å². The summed E-state index contributed by atoms with van der Waals surface area (Å²) in [6, 6.07) is 1.66. The summed E-state index contributed by atoms with van der Waals surface area (Å²) in [5.74, 6) is 0.00176. The Morgan fingerprint density at radius 1 is 1.64 bits per heavy atom. The molecule has 0 aliphatic carbocycles. The Bertz CT molecular complexity index is 271. The second kappa shape index (κ2) is 4.03. The lowest BCUT2D eigenvalue weighted by molar-refractivity contribution is 0.102. The highest BCUT2D eigenvalue weighted by atomic mass is 79.9. The van der Waals surface area contributed by atoms with Crippen molar-refractivity contribution in [3.05, 3.63) is 21.3 Å². The molecule has 0 spiro atoms. The molecule has 0 atom stereocenters. The minimum absolute atomic E-state index is 0.00176. The van der Waals surface area contributed by atoms with Crippen molar-refractivity contribution in [2.24, 2.45) is 0 Å². The summed E-state index contributed by atoms with van der Waals surface area (Å²) in [6.45, 7) is 0. The van der Waals surface area contributed by atoms with Crippen molar-refractivity contribution in [2.45, 2.75) is 3.74 Å². The molecule has 0 N–H and O–H groups in total. The average Bonchev–Trinajstić information content (AvgIpc) is 2.34. The maximum absolute atomic E-state index is 11.2. The second-order valence-corrected chi connectivity index (χ2v) is 6.20. The molecular formula is C6H3Br2ClOS. The Labute approximate surface area is 90.0 Å². The molecule has 0 radical (unpaired) electrons. The van der Waals surface area contributed by atoms with E-state index in [4.69, 9.17) is 11.6 Å². The van der Waals surface area contributed by atoms with E-state index in [1.165, 1.54) is 11.3 Å². The van der Waals surface area contributed by atoms with E-state index >= 15 is 0 Å². The Morgan fingerprint density at radius 2 is 2.27 bits per heavy atom. The summed E-state index contributed by atoms with van der Waals surface area (Å²) in [4.78, 5) is 11.9. The third kappa shape index (κ3) is 2.54. The summed E-state index contributed by atoms with van der Waals surface area (Å²) in [5, 5.41) is 2.34. The van der Waals surface area contributed by atoms with Crippen LogP contribution in [0, 0.1) is 0 Å². The summed E-state index contributed by atoms with van der Waals surface area (Å²) in [5.41, 5.74) is 0. The van der Waals surface area contributed by atoms with Crippen LogP contribution in [-0.4, -0.2) is 9.52 Å². The van der Waals surface area contributed by atoms with E-state index in [1.54, 1.807) is 11.4 Å². The van der Waals surface area contributed by atoms with Gasteiger partial charge in [-0.05, 0) is 6.07 Å². The number of carbonyl (C=O) groups is 1. The maximum Gasteiger partial charge on any atom is 0.197 e. The first-order valence-electron chi connectivity index (χ1n) is 2.67. The van der Waals surface area contributed by atoms with Gasteiger partial charge in [0.25, 0.3) is 0 Å². The first kappa shape index (κ1) is 9.71. The van der Waals surface area contributed by atoms with Crippen LogP contribution in [0.25, 0.3) is 0 Å². The lowest BCUT2D eigenvalue weighted by Gasteiger charge is -1.94. The number of ketones is 1. The van der Waals surface area contributed by atoms with E-state index in [1.807, 2.05) is 0 Å². The van der Waals surface area contributed by atoms with Crippen molar-refractivity contribution >= 4 is 60.6 Å². The van der Waals surface area contributed by atoms with Gasteiger partial charge in [-0.1, -0.05) is 43.5 Å². The van der Waals surface area contributed by atoms with Crippen LogP contribution < -0.4 is 0 Å². The predicted molar refractivity (Wildman–Crippen MR) is 55.3 cm³/mol. The standard InChI is InChI=1S/C6H3Br2ClOS/c7-6(8)5(10)4-1-3(9)2-11-4/h1-2,6H. The van der Waals surface area contributed by atoms with E-state index in [0.29, 0.717) is 9.90 Å². The fourth-order valence-corrected chi connectivity index (χ4v) is 2.39. The summed E-state index contributed by atoms with van der Waals surface area (Å²) in [6.07, 6.45) is 0. The van der Waals surface area contributed by atoms with E-state index in [9.17, 15) is 4.79 Å². The van der Waals surface area contributed by atoms with E-state index in [0.717, 1.165) is 0 Å². The zero-order chi connectivity index (χ0) is 8.43. The first-order valence-corrected chi connectivity index (χ1v) is 5.76. The van der Waals surface area contributed by atoms with Gasteiger partial charge in [0.1, 0.15) is 3.74 Å². The molecule has 1 aromatic rings. The molecule has 0 aliphatic heterocycles. The van der Waals surface area contributed by atoms with Crippen LogP contribution in [-0.2, 0) is 0 Å². The predicted octanol–water partition coefficient (Wildman–Crippen LogP) is 3.70. The number of carbonyl (C=O) groups excluding carboxylic acids is 1. The first-order chi connectivity index (χ1) is 5.11. The Hall–Kier alpha value is 0.620. The Balaban J connectivity index is 2.85. The molecule has 0 saturated heterocycles. The lowest BCUT2D eigenvalue weighted by Crippen LogP contribution is -2.03. The SMILES string of the molecule is O=C(c1cc(Cl)cs1)C(Br)Br. The monoisotopic (exact) mass is 316 g/mol. The van der Waals surface area contributed by atoms with Crippen LogP contribution in [0.1, 0.15) is 9.67 Å². The number of halogens is 3. The van der Waals surface area contributed by atoms with Gasteiger partial charge in [0.05, 0.1) is 9.90 Å². The summed E-state index contributed by atoms with van der Waals surface area (Å²) >= 11 is 13.2. The maximum atomic E-state index is 11.2. The normalized spacial score (nSPS) is 10.5. The van der Waals surface area contributed by atoms with Gasteiger partial charge in [-0.25, -0.2) is 0 Å². The van der Waals surface area contributed by atoms with Gasteiger partial charge in [0.2, 0.25) is 0 Å². The molecule has 60 valence electrons. The van der Waals surface area contributed by atoms with Gasteiger partial charge in [-0.15, -0.1) is 11.3 Å².